The fourth-order valence-corrected chi connectivity index (χ4v) is 2.14. The van der Waals surface area contributed by atoms with Gasteiger partial charge in [0.05, 0.1) is 18.3 Å². The van der Waals surface area contributed by atoms with Gasteiger partial charge in [0, 0.05) is 23.2 Å². The molecule has 0 radical (unpaired) electrons. The highest BCUT2D eigenvalue weighted by molar-refractivity contribution is 6.06. The quantitative estimate of drug-likeness (QED) is 0.803. The zero-order valence-electron chi connectivity index (χ0n) is 11.8. The molecule has 0 spiro atoms. The van der Waals surface area contributed by atoms with Crippen molar-refractivity contribution in [3.63, 3.8) is 0 Å². The first kappa shape index (κ1) is 14.0. The van der Waals surface area contributed by atoms with E-state index in [0.29, 0.717) is 11.3 Å². The normalized spacial score (nSPS) is 10.5. The summed E-state index contributed by atoms with van der Waals surface area (Å²) >= 11 is 0. The predicted molar refractivity (Wildman–Crippen MR) is 82.6 cm³/mol. The number of hydrogen-bond donors (Lipinski definition) is 1. The zero-order chi connectivity index (χ0) is 15.5. The number of anilines is 1. The molecule has 5 heteroatoms. The maximum Gasteiger partial charge on any atom is 0.255 e. The molecule has 0 aliphatic rings. The fourth-order valence-electron chi connectivity index (χ4n) is 2.14. The zero-order valence-corrected chi connectivity index (χ0v) is 11.8. The molecule has 0 saturated carbocycles. The van der Waals surface area contributed by atoms with Crippen molar-refractivity contribution in [1.82, 2.24) is 4.98 Å². The second-order valence-electron chi connectivity index (χ2n) is 4.71. The van der Waals surface area contributed by atoms with Crippen molar-refractivity contribution in [2.24, 2.45) is 0 Å². The Labute approximate surface area is 126 Å². The summed E-state index contributed by atoms with van der Waals surface area (Å²) in [6, 6.07) is 13.0. The van der Waals surface area contributed by atoms with Crippen molar-refractivity contribution in [2.75, 3.05) is 12.4 Å². The average molecular weight is 296 g/mol. The summed E-state index contributed by atoms with van der Waals surface area (Å²) in [5.41, 5.74) is 1.31. The number of nitrogens with one attached hydrogen (secondary N) is 1. The minimum absolute atomic E-state index is 0.0793. The molecule has 0 saturated heterocycles. The van der Waals surface area contributed by atoms with Gasteiger partial charge in [0.15, 0.2) is 0 Å². The maximum absolute atomic E-state index is 13.8. The van der Waals surface area contributed by atoms with Crippen molar-refractivity contribution in [3.05, 3.63) is 66.1 Å². The first-order valence-electron chi connectivity index (χ1n) is 6.67. The number of amides is 1. The molecule has 4 nitrogen and oxygen atoms in total. The van der Waals surface area contributed by atoms with Gasteiger partial charge in [-0.2, -0.15) is 0 Å². The van der Waals surface area contributed by atoms with Crippen molar-refractivity contribution in [1.29, 1.82) is 0 Å². The number of rotatable bonds is 3. The van der Waals surface area contributed by atoms with Gasteiger partial charge in [-0.05, 0) is 36.4 Å². The van der Waals surface area contributed by atoms with Gasteiger partial charge in [-0.15, -0.1) is 0 Å². The van der Waals surface area contributed by atoms with Gasteiger partial charge >= 0.3 is 0 Å². The van der Waals surface area contributed by atoms with Gasteiger partial charge in [0.1, 0.15) is 11.6 Å². The van der Waals surface area contributed by atoms with Gasteiger partial charge in [-0.3, -0.25) is 9.78 Å². The summed E-state index contributed by atoms with van der Waals surface area (Å²) in [6.07, 6.45) is 1.69. The minimum atomic E-state index is -0.517. The van der Waals surface area contributed by atoms with Crippen molar-refractivity contribution >= 4 is 22.5 Å². The Morgan fingerprint density at radius 2 is 2.05 bits per heavy atom. The number of methoxy groups -OCH3 is 1. The van der Waals surface area contributed by atoms with E-state index in [1.807, 2.05) is 6.07 Å². The molecule has 3 aromatic rings. The van der Waals surface area contributed by atoms with Crippen LogP contribution in [0.15, 0.2) is 54.7 Å². The number of ether oxygens (including phenoxy) is 1. The molecule has 22 heavy (non-hydrogen) atoms. The maximum atomic E-state index is 13.8. The summed E-state index contributed by atoms with van der Waals surface area (Å²) in [5, 5.41) is 3.40. The lowest BCUT2D eigenvalue weighted by Crippen LogP contribution is -2.13. The van der Waals surface area contributed by atoms with E-state index in [1.165, 1.54) is 25.3 Å². The van der Waals surface area contributed by atoms with E-state index in [1.54, 1.807) is 30.5 Å². The first-order chi connectivity index (χ1) is 10.7. The number of hydrogen-bond acceptors (Lipinski definition) is 3. The van der Waals surface area contributed by atoms with Crippen LogP contribution in [0, 0.1) is 5.82 Å². The summed E-state index contributed by atoms with van der Waals surface area (Å²) in [5.74, 6) is -0.436. The molecular formula is C17H13FN2O2. The lowest BCUT2D eigenvalue weighted by molar-refractivity contribution is 0.102. The molecule has 2 aromatic carbocycles. The second-order valence-corrected chi connectivity index (χ2v) is 4.71. The molecule has 110 valence electrons. The molecule has 1 aromatic heterocycles. The Bertz CT molecular complexity index is 849. The Morgan fingerprint density at radius 1 is 1.18 bits per heavy atom. The lowest BCUT2D eigenvalue weighted by atomic mass is 10.1. The van der Waals surface area contributed by atoms with E-state index in [9.17, 15) is 9.18 Å². The Morgan fingerprint density at radius 3 is 2.86 bits per heavy atom. The fraction of sp³-hybridized carbons (Fsp3) is 0.0588. The van der Waals surface area contributed by atoms with Crippen LogP contribution in [-0.2, 0) is 0 Å². The number of benzene rings is 2. The average Bonchev–Trinajstić information content (AvgIpc) is 2.56. The van der Waals surface area contributed by atoms with Crippen LogP contribution < -0.4 is 10.1 Å². The third kappa shape index (κ3) is 2.74. The number of carbonyl (C=O) groups is 1. The molecule has 3 rings (SSSR count). The summed E-state index contributed by atoms with van der Waals surface area (Å²) in [7, 11) is 1.48. The number of aromatic nitrogens is 1. The van der Waals surface area contributed by atoms with Gasteiger partial charge < -0.3 is 10.1 Å². The highest BCUT2D eigenvalue weighted by Crippen LogP contribution is 2.22. The van der Waals surface area contributed by atoms with Crippen LogP contribution >= 0.6 is 0 Å². The molecule has 0 bridgehead atoms. The van der Waals surface area contributed by atoms with Crippen LogP contribution in [0.2, 0.25) is 0 Å². The molecule has 0 aliphatic carbocycles. The van der Waals surface area contributed by atoms with Gasteiger partial charge in [-0.1, -0.05) is 6.07 Å². The lowest BCUT2D eigenvalue weighted by Gasteiger charge is -2.09. The topological polar surface area (TPSA) is 51.2 Å². The summed E-state index contributed by atoms with van der Waals surface area (Å²) in [4.78, 5) is 16.5. The van der Waals surface area contributed by atoms with E-state index >= 15 is 0 Å². The Kier molecular flexibility index (Phi) is 3.70. The molecular weight excluding hydrogens is 283 g/mol. The summed E-state index contributed by atoms with van der Waals surface area (Å²) in [6.45, 7) is 0. The van der Waals surface area contributed by atoms with Gasteiger partial charge in [-0.25, -0.2) is 4.39 Å². The van der Waals surface area contributed by atoms with Crippen molar-refractivity contribution < 1.29 is 13.9 Å². The van der Waals surface area contributed by atoms with Gasteiger partial charge in [0.25, 0.3) is 5.91 Å². The van der Waals surface area contributed by atoms with Gasteiger partial charge in [0.2, 0.25) is 0 Å². The van der Waals surface area contributed by atoms with Crippen LogP contribution in [0.25, 0.3) is 10.9 Å². The van der Waals surface area contributed by atoms with Crippen LogP contribution in [0.4, 0.5) is 10.1 Å². The monoisotopic (exact) mass is 296 g/mol. The standard InChI is InChI=1S/C17H13FN2O2/c1-22-13-5-6-14(18)16(10-13)20-17(21)12-4-7-15-11(9-12)3-2-8-19-15/h2-10H,1H3,(H,20,21). The number of nitrogens with zero attached hydrogens (tertiary/aromatic N) is 1. The molecule has 1 amide bonds. The second kappa shape index (κ2) is 5.81. The molecule has 0 atom stereocenters. The van der Waals surface area contributed by atoms with Crippen molar-refractivity contribution in [2.45, 2.75) is 0 Å². The third-order valence-electron chi connectivity index (χ3n) is 3.29. The number of halogens is 1. The number of carbonyl (C=O) groups excluding carboxylic acids is 1. The molecule has 0 fully saturated rings. The summed E-state index contributed by atoms with van der Waals surface area (Å²) < 4.78 is 18.8. The van der Waals surface area contributed by atoms with E-state index in [0.717, 1.165) is 10.9 Å². The van der Waals surface area contributed by atoms with Crippen LogP contribution in [0.3, 0.4) is 0 Å². The molecule has 0 aliphatic heterocycles. The molecule has 0 unspecified atom stereocenters. The highest BCUT2D eigenvalue weighted by atomic mass is 19.1. The highest BCUT2D eigenvalue weighted by Gasteiger charge is 2.11. The van der Waals surface area contributed by atoms with E-state index in [4.69, 9.17) is 4.74 Å². The Hall–Kier alpha value is -2.95. The minimum Gasteiger partial charge on any atom is -0.497 e. The Balaban J connectivity index is 1.90. The van der Waals surface area contributed by atoms with Crippen molar-refractivity contribution in [3.8, 4) is 5.75 Å². The van der Waals surface area contributed by atoms with Crippen LogP contribution in [0.1, 0.15) is 10.4 Å². The number of fused-ring (bicyclic) bond motifs is 1. The largest absolute Gasteiger partial charge is 0.497 e. The van der Waals surface area contributed by atoms with E-state index in [-0.39, 0.29) is 5.69 Å². The number of pyridine rings is 1. The SMILES string of the molecule is COc1ccc(F)c(NC(=O)c2ccc3ncccc3c2)c1. The first-order valence-corrected chi connectivity index (χ1v) is 6.67. The van der Waals surface area contributed by atoms with Crippen LogP contribution in [-0.4, -0.2) is 18.0 Å². The van der Waals surface area contributed by atoms with Crippen LogP contribution in [0.5, 0.6) is 5.75 Å². The molecule has 1 N–H and O–H groups in total. The predicted octanol–water partition coefficient (Wildman–Crippen LogP) is 3.63. The van der Waals surface area contributed by atoms with E-state index < -0.39 is 11.7 Å². The van der Waals surface area contributed by atoms with E-state index in [2.05, 4.69) is 10.3 Å². The molecule has 1 heterocycles. The smallest absolute Gasteiger partial charge is 0.255 e. The third-order valence-corrected chi connectivity index (χ3v) is 3.29.